The van der Waals surface area contributed by atoms with Crippen LogP contribution >= 0.6 is 0 Å². The molecule has 0 aromatic heterocycles. The molecule has 5 saturated heterocycles. The van der Waals surface area contributed by atoms with Gasteiger partial charge < -0.3 is 89.0 Å². The molecule has 360 valence electrons. The SMILES string of the molecule is CC1CCC2(OC1)OC1CC3(O)C4CC=C5CC(OC6OC(CO)C(O)C(OC7OC(CO)C(O)C(O)C7O)C6OC6OC(C)C(O)C(O)C6O)CCC5(C)C4CCC3(C)C1C2C. The standard InChI is InChI=1S/C45H72O18/c1-19-8-13-45(56-18-19)20(2)29-26(63-45)15-44(55)25-7-6-22-14-23(9-11-42(22,4)24(25)10-12-43(29,44)5)58-41-38(62-39-35(53)33(51)30(48)21(3)57-39)37(32(50)28(17-47)60-41)61-40-36(54)34(52)31(49)27(16-46)59-40/h6,19-21,23-41,46-55H,7-18H2,1-5H3. The molecule has 5 aliphatic heterocycles. The van der Waals surface area contributed by atoms with E-state index in [-0.39, 0.29) is 40.6 Å². The molecule has 5 heterocycles. The van der Waals surface area contributed by atoms with Crippen molar-refractivity contribution in [3.8, 4) is 0 Å². The number of ether oxygens (including phenoxy) is 8. The van der Waals surface area contributed by atoms with Crippen molar-refractivity contribution in [3.63, 3.8) is 0 Å². The predicted molar refractivity (Wildman–Crippen MR) is 216 cm³/mol. The molecule has 63 heavy (non-hydrogen) atoms. The molecule has 0 aromatic rings. The minimum Gasteiger partial charge on any atom is -0.394 e. The summed E-state index contributed by atoms with van der Waals surface area (Å²) in [7, 11) is 0. The number of hydrogen-bond acceptors (Lipinski definition) is 18. The maximum absolute atomic E-state index is 13.0. The quantitative estimate of drug-likeness (QED) is 0.135. The van der Waals surface area contributed by atoms with Crippen molar-refractivity contribution < 1.29 is 89.0 Å². The highest BCUT2D eigenvalue weighted by molar-refractivity contribution is 5.29. The summed E-state index contributed by atoms with van der Waals surface area (Å²) in [4.78, 5) is 0. The van der Waals surface area contributed by atoms with Crippen LogP contribution in [0, 0.1) is 40.4 Å². The van der Waals surface area contributed by atoms with Crippen molar-refractivity contribution in [2.24, 2.45) is 40.4 Å². The molecule has 3 saturated carbocycles. The topological polar surface area (TPSA) is 276 Å². The molecule has 0 amide bonds. The van der Waals surface area contributed by atoms with E-state index in [1.54, 1.807) is 0 Å². The van der Waals surface area contributed by atoms with Gasteiger partial charge in [0.15, 0.2) is 24.7 Å². The van der Waals surface area contributed by atoms with Gasteiger partial charge in [0.25, 0.3) is 0 Å². The molecule has 26 unspecified atom stereocenters. The first kappa shape index (κ1) is 47.1. The zero-order valence-electron chi connectivity index (χ0n) is 37.0. The van der Waals surface area contributed by atoms with Crippen LogP contribution < -0.4 is 0 Å². The summed E-state index contributed by atoms with van der Waals surface area (Å²) in [6, 6.07) is 0. The average molecular weight is 901 g/mol. The van der Waals surface area contributed by atoms with Crippen LogP contribution in [0.25, 0.3) is 0 Å². The lowest BCUT2D eigenvalue weighted by atomic mass is 9.45. The van der Waals surface area contributed by atoms with Gasteiger partial charge in [0.2, 0.25) is 0 Å². The summed E-state index contributed by atoms with van der Waals surface area (Å²) in [6.45, 7) is 9.79. The van der Waals surface area contributed by atoms with Crippen LogP contribution in [0.5, 0.6) is 0 Å². The van der Waals surface area contributed by atoms with Gasteiger partial charge in [0.1, 0.15) is 67.1 Å². The van der Waals surface area contributed by atoms with E-state index in [2.05, 4.69) is 33.8 Å². The van der Waals surface area contributed by atoms with Crippen LogP contribution in [-0.2, 0) is 37.9 Å². The van der Waals surface area contributed by atoms with Gasteiger partial charge in [-0.1, -0.05) is 39.3 Å². The minimum absolute atomic E-state index is 0.0388. The Morgan fingerprint density at radius 3 is 2.02 bits per heavy atom. The Balaban J connectivity index is 0.952. The zero-order chi connectivity index (χ0) is 45.1. The first-order valence-electron chi connectivity index (χ1n) is 23.5. The summed E-state index contributed by atoms with van der Waals surface area (Å²) >= 11 is 0. The number of hydrogen-bond donors (Lipinski definition) is 10. The molecule has 26 atom stereocenters. The first-order chi connectivity index (χ1) is 29.8. The van der Waals surface area contributed by atoms with Crippen molar-refractivity contribution >= 4 is 0 Å². The molecule has 9 aliphatic rings. The summed E-state index contributed by atoms with van der Waals surface area (Å²) in [5.74, 6) is 0.539. The molecule has 0 aromatic carbocycles. The van der Waals surface area contributed by atoms with E-state index in [9.17, 15) is 51.1 Å². The normalized spacial score (nSPS) is 58.1. The van der Waals surface area contributed by atoms with E-state index in [1.165, 1.54) is 12.5 Å². The Morgan fingerprint density at radius 1 is 0.683 bits per heavy atom. The Hall–Kier alpha value is -0.980. The average Bonchev–Trinajstić information content (AvgIpc) is 3.66. The smallest absolute Gasteiger partial charge is 0.187 e. The predicted octanol–water partition coefficient (Wildman–Crippen LogP) is -0.671. The van der Waals surface area contributed by atoms with Crippen LogP contribution in [-0.4, -0.2) is 187 Å². The second-order valence-electron chi connectivity index (χ2n) is 21.2. The summed E-state index contributed by atoms with van der Waals surface area (Å²) in [5.41, 5.74) is -0.266. The second-order valence-corrected chi connectivity index (χ2v) is 21.2. The third kappa shape index (κ3) is 7.44. The molecular weight excluding hydrogens is 828 g/mol. The van der Waals surface area contributed by atoms with Crippen molar-refractivity contribution in [3.05, 3.63) is 11.6 Å². The van der Waals surface area contributed by atoms with E-state index >= 15 is 0 Å². The molecule has 0 radical (unpaired) electrons. The largest absolute Gasteiger partial charge is 0.394 e. The molecule has 0 bridgehead atoms. The van der Waals surface area contributed by atoms with E-state index in [0.717, 1.165) is 32.1 Å². The first-order valence-corrected chi connectivity index (χ1v) is 23.5. The van der Waals surface area contributed by atoms with Gasteiger partial charge in [-0.2, -0.15) is 0 Å². The number of allylic oxidation sites excluding steroid dienone is 1. The molecule has 10 N–H and O–H groups in total. The fraction of sp³-hybridized carbons (Fsp3) is 0.956. The fourth-order valence-corrected chi connectivity index (χ4v) is 14.0. The maximum atomic E-state index is 13.0. The van der Waals surface area contributed by atoms with Crippen LogP contribution in [0.3, 0.4) is 0 Å². The lowest BCUT2D eigenvalue weighted by Gasteiger charge is -2.62. The number of fused-ring (bicyclic) bond motifs is 7. The van der Waals surface area contributed by atoms with Gasteiger partial charge >= 0.3 is 0 Å². The number of rotatable bonds is 8. The van der Waals surface area contributed by atoms with Gasteiger partial charge in [-0.25, -0.2) is 0 Å². The monoisotopic (exact) mass is 900 g/mol. The lowest BCUT2D eigenvalue weighted by Crippen LogP contribution is -2.67. The van der Waals surface area contributed by atoms with E-state index < -0.39 is 123 Å². The van der Waals surface area contributed by atoms with Gasteiger partial charge in [-0.3, -0.25) is 0 Å². The maximum Gasteiger partial charge on any atom is 0.187 e. The highest BCUT2D eigenvalue weighted by Gasteiger charge is 2.74. The molecule has 9 rings (SSSR count). The van der Waals surface area contributed by atoms with Crippen LogP contribution in [0.1, 0.15) is 92.4 Å². The minimum atomic E-state index is -1.86. The fourth-order valence-electron chi connectivity index (χ4n) is 14.0. The number of aliphatic hydroxyl groups is 10. The molecule has 18 nitrogen and oxygen atoms in total. The van der Waals surface area contributed by atoms with E-state index in [1.807, 2.05) is 0 Å². The van der Waals surface area contributed by atoms with Gasteiger partial charge in [0.05, 0.1) is 43.7 Å². The van der Waals surface area contributed by atoms with Crippen LogP contribution in [0.15, 0.2) is 11.6 Å². The Bertz CT molecular complexity index is 1660. The van der Waals surface area contributed by atoms with Gasteiger partial charge in [-0.15, -0.1) is 0 Å². The summed E-state index contributed by atoms with van der Waals surface area (Å²) < 4.78 is 50.0. The highest BCUT2D eigenvalue weighted by Crippen LogP contribution is 2.72. The third-order valence-electron chi connectivity index (χ3n) is 17.9. The molecule has 18 heteroatoms. The summed E-state index contributed by atoms with van der Waals surface area (Å²) in [6.07, 6.45) is -14.9. The summed E-state index contributed by atoms with van der Waals surface area (Å²) in [5, 5.41) is 109. The van der Waals surface area contributed by atoms with Crippen molar-refractivity contribution in [1.29, 1.82) is 0 Å². The Morgan fingerprint density at radius 2 is 1.33 bits per heavy atom. The second kappa shape index (κ2) is 17.2. The van der Waals surface area contributed by atoms with Crippen molar-refractivity contribution in [2.75, 3.05) is 19.8 Å². The van der Waals surface area contributed by atoms with Crippen molar-refractivity contribution in [1.82, 2.24) is 0 Å². The molecule has 4 aliphatic carbocycles. The van der Waals surface area contributed by atoms with Gasteiger partial charge in [0, 0.05) is 30.1 Å². The molecular formula is C45H72O18. The van der Waals surface area contributed by atoms with Gasteiger partial charge in [-0.05, 0) is 75.0 Å². The van der Waals surface area contributed by atoms with Crippen LogP contribution in [0.4, 0.5) is 0 Å². The molecule has 1 spiro atoms. The third-order valence-corrected chi connectivity index (χ3v) is 17.9. The van der Waals surface area contributed by atoms with E-state index in [4.69, 9.17) is 37.9 Å². The Kier molecular flexibility index (Phi) is 12.9. The highest BCUT2D eigenvalue weighted by atomic mass is 16.8. The van der Waals surface area contributed by atoms with Crippen molar-refractivity contribution in [2.45, 2.75) is 208 Å². The van der Waals surface area contributed by atoms with Crippen LogP contribution in [0.2, 0.25) is 0 Å². The Labute approximate surface area is 368 Å². The molecule has 8 fully saturated rings. The number of aliphatic hydroxyl groups excluding tert-OH is 9. The van der Waals surface area contributed by atoms with E-state index in [0.29, 0.717) is 38.2 Å². The lowest BCUT2D eigenvalue weighted by molar-refractivity contribution is -0.394. The zero-order valence-corrected chi connectivity index (χ0v) is 37.0.